The number of rotatable bonds is 4. The minimum atomic E-state index is 0.867. The third-order valence-electron chi connectivity index (χ3n) is 0.800. The summed E-state index contributed by atoms with van der Waals surface area (Å²) in [6.45, 7) is 6.76. The first-order valence-corrected chi connectivity index (χ1v) is 4.50. The van der Waals surface area contributed by atoms with Gasteiger partial charge in [-0.3, -0.25) is 0 Å². The Bertz CT molecular complexity index is 41.7. The Kier molecular flexibility index (Phi) is 5.73. The summed E-state index contributed by atoms with van der Waals surface area (Å²) in [7, 11) is 0. The molecule has 0 fully saturated rings. The average Bonchev–Trinajstić information content (AvgIpc) is 1.66. The van der Waals surface area contributed by atoms with Crippen molar-refractivity contribution in [3.63, 3.8) is 0 Å². The van der Waals surface area contributed by atoms with Gasteiger partial charge in [0.15, 0.2) is 0 Å². The Morgan fingerprint density at radius 2 is 2.00 bits per heavy atom. The van der Waals surface area contributed by atoms with Crippen molar-refractivity contribution in [2.75, 3.05) is 11.5 Å². The molecule has 0 aromatic heterocycles. The molecule has 0 saturated carbocycles. The van der Waals surface area contributed by atoms with Crippen molar-refractivity contribution < 1.29 is 0 Å². The van der Waals surface area contributed by atoms with Crippen molar-refractivity contribution in [3.8, 4) is 0 Å². The molecule has 0 N–H and O–H groups in total. The lowest BCUT2D eigenvalue weighted by Gasteiger charge is -2.00. The van der Waals surface area contributed by atoms with Crippen LogP contribution < -0.4 is 0 Å². The highest BCUT2D eigenvalue weighted by Gasteiger charge is 1.90. The quantitative estimate of drug-likeness (QED) is 0.530. The van der Waals surface area contributed by atoms with E-state index < -0.39 is 0 Å². The minimum absolute atomic E-state index is 0.867. The van der Waals surface area contributed by atoms with Gasteiger partial charge < -0.3 is 0 Å². The van der Waals surface area contributed by atoms with Gasteiger partial charge in [-0.25, -0.2) is 0 Å². The van der Waals surface area contributed by atoms with E-state index in [0.717, 1.165) is 5.92 Å². The second-order valence-corrected chi connectivity index (χ2v) is 3.62. The van der Waals surface area contributed by atoms with Gasteiger partial charge in [0, 0.05) is 0 Å². The molecule has 0 nitrogen and oxygen atoms in total. The second-order valence-electron chi connectivity index (χ2n) is 2.47. The Morgan fingerprint density at radius 3 is 2.38 bits per heavy atom. The van der Waals surface area contributed by atoms with Gasteiger partial charge in [0.1, 0.15) is 0 Å². The average molecular weight is 132 g/mol. The fourth-order valence-corrected chi connectivity index (χ4v) is 1.39. The molecular weight excluding hydrogens is 116 g/mol. The third kappa shape index (κ3) is 6.35. The van der Waals surface area contributed by atoms with Gasteiger partial charge in [0.05, 0.1) is 0 Å². The molecule has 0 bridgehead atoms. The predicted molar refractivity (Wildman–Crippen MR) is 42.5 cm³/mol. The van der Waals surface area contributed by atoms with Crippen molar-refractivity contribution in [1.29, 1.82) is 0 Å². The van der Waals surface area contributed by atoms with Crippen LogP contribution in [0.4, 0.5) is 0 Å². The summed E-state index contributed by atoms with van der Waals surface area (Å²) in [5.74, 6) is 3.53. The van der Waals surface area contributed by atoms with Crippen molar-refractivity contribution >= 4 is 11.8 Å². The number of thioether (sulfide) groups is 1. The van der Waals surface area contributed by atoms with Crippen LogP contribution in [0.15, 0.2) is 0 Å². The Hall–Kier alpha value is 0.350. The van der Waals surface area contributed by atoms with Gasteiger partial charge in [0.25, 0.3) is 0 Å². The first-order chi connectivity index (χ1) is 3.77. The summed E-state index contributed by atoms with van der Waals surface area (Å²) < 4.78 is 0. The summed E-state index contributed by atoms with van der Waals surface area (Å²) in [5.41, 5.74) is 0. The van der Waals surface area contributed by atoms with Crippen molar-refractivity contribution in [3.05, 3.63) is 0 Å². The van der Waals surface area contributed by atoms with Crippen LogP contribution in [-0.2, 0) is 0 Å². The predicted octanol–water partition coefficient (Wildman–Crippen LogP) is 2.79. The molecule has 0 spiro atoms. The van der Waals surface area contributed by atoms with Gasteiger partial charge in [0.2, 0.25) is 0 Å². The maximum Gasteiger partial charge on any atom is -0.00444 e. The largest absolute Gasteiger partial charge is 0.162 e. The molecule has 50 valence electrons. The second kappa shape index (κ2) is 5.49. The number of hydrogen-bond acceptors (Lipinski definition) is 1. The zero-order chi connectivity index (χ0) is 6.41. The summed E-state index contributed by atoms with van der Waals surface area (Å²) in [4.78, 5) is 0. The molecule has 0 aliphatic rings. The molecule has 0 aromatic rings. The first kappa shape index (κ1) is 8.35. The van der Waals surface area contributed by atoms with E-state index in [4.69, 9.17) is 0 Å². The van der Waals surface area contributed by atoms with E-state index in [1.54, 1.807) is 0 Å². The van der Waals surface area contributed by atoms with E-state index >= 15 is 0 Å². The summed E-state index contributed by atoms with van der Waals surface area (Å²) in [6.07, 6.45) is 1.32. The first-order valence-electron chi connectivity index (χ1n) is 3.35. The van der Waals surface area contributed by atoms with Gasteiger partial charge in [-0.2, -0.15) is 11.8 Å². The SMILES string of the molecule is CCCSCC(C)C. The molecule has 0 heterocycles. The topological polar surface area (TPSA) is 0 Å². The van der Waals surface area contributed by atoms with Crippen molar-refractivity contribution in [2.24, 2.45) is 5.92 Å². The third-order valence-corrected chi connectivity index (χ3v) is 2.40. The van der Waals surface area contributed by atoms with E-state index in [2.05, 4.69) is 32.5 Å². The standard InChI is InChI=1S/C7H16S/c1-4-5-8-6-7(2)3/h7H,4-6H2,1-3H3. The van der Waals surface area contributed by atoms with Crippen LogP contribution in [0.5, 0.6) is 0 Å². The van der Waals surface area contributed by atoms with Crippen LogP contribution in [0.2, 0.25) is 0 Å². The zero-order valence-corrected chi connectivity index (χ0v) is 6.92. The normalized spacial score (nSPS) is 10.5. The molecule has 1 heteroatoms. The van der Waals surface area contributed by atoms with Crippen molar-refractivity contribution in [2.45, 2.75) is 27.2 Å². The summed E-state index contributed by atoms with van der Waals surface area (Å²) >= 11 is 2.06. The molecule has 0 atom stereocenters. The Morgan fingerprint density at radius 1 is 1.38 bits per heavy atom. The van der Waals surface area contributed by atoms with Crippen molar-refractivity contribution in [1.82, 2.24) is 0 Å². The maximum absolute atomic E-state index is 2.27. The lowest BCUT2D eigenvalue weighted by molar-refractivity contribution is 0.750. The van der Waals surface area contributed by atoms with E-state index in [9.17, 15) is 0 Å². The zero-order valence-electron chi connectivity index (χ0n) is 6.11. The Labute approximate surface area is 57.1 Å². The fourth-order valence-electron chi connectivity index (χ4n) is 0.463. The molecule has 0 aliphatic carbocycles. The van der Waals surface area contributed by atoms with E-state index in [1.165, 1.54) is 17.9 Å². The van der Waals surface area contributed by atoms with Gasteiger partial charge in [-0.15, -0.1) is 0 Å². The molecular formula is C7H16S. The highest BCUT2D eigenvalue weighted by Crippen LogP contribution is 2.07. The summed E-state index contributed by atoms with van der Waals surface area (Å²) in [6, 6.07) is 0. The van der Waals surface area contributed by atoms with Gasteiger partial charge in [-0.1, -0.05) is 20.8 Å². The van der Waals surface area contributed by atoms with Crippen LogP contribution >= 0.6 is 11.8 Å². The van der Waals surface area contributed by atoms with Crippen LogP contribution in [-0.4, -0.2) is 11.5 Å². The van der Waals surface area contributed by atoms with E-state index in [1.807, 2.05) is 0 Å². The van der Waals surface area contributed by atoms with Crippen LogP contribution in [0.3, 0.4) is 0 Å². The maximum atomic E-state index is 2.27. The lowest BCUT2D eigenvalue weighted by Crippen LogP contribution is -1.90. The van der Waals surface area contributed by atoms with Gasteiger partial charge >= 0.3 is 0 Å². The van der Waals surface area contributed by atoms with E-state index in [-0.39, 0.29) is 0 Å². The molecule has 0 aliphatic heterocycles. The molecule has 8 heavy (non-hydrogen) atoms. The number of hydrogen-bond donors (Lipinski definition) is 0. The van der Waals surface area contributed by atoms with Crippen LogP contribution in [0.25, 0.3) is 0 Å². The molecule has 0 rings (SSSR count). The minimum Gasteiger partial charge on any atom is -0.162 e. The highest BCUT2D eigenvalue weighted by atomic mass is 32.2. The monoisotopic (exact) mass is 132 g/mol. The Balaban J connectivity index is 2.72. The van der Waals surface area contributed by atoms with E-state index in [0.29, 0.717) is 0 Å². The smallest absolute Gasteiger partial charge is 0.00444 e. The fraction of sp³-hybridized carbons (Fsp3) is 1.00. The van der Waals surface area contributed by atoms with Crippen LogP contribution in [0.1, 0.15) is 27.2 Å². The molecule has 0 radical (unpaired) electrons. The van der Waals surface area contributed by atoms with Gasteiger partial charge in [-0.05, 0) is 23.8 Å². The highest BCUT2D eigenvalue weighted by molar-refractivity contribution is 7.99. The molecule has 0 saturated heterocycles. The molecule has 0 unspecified atom stereocenters. The molecule has 0 amide bonds. The lowest BCUT2D eigenvalue weighted by atomic mass is 10.3. The molecule has 0 aromatic carbocycles. The van der Waals surface area contributed by atoms with Crippen LogP contribution in [0, 0.1) is 5.92 Å². The summed E-state index contributed by atoms with van der Waals surface area (Å²) in [5, 5.41) is 0.